The minimum Gasteiger partial charge on any atom is -0.508 e. The van der Waals surface area contributed by atoms with E-state index in [-0.39, 0.29) is 5.76 Å². The lowest BCUT2D eigenvalue weighted by molar-refractivity contribution is 0.514. The standard InChI is InChI=1S/C14H15NO/c1-8-5-6-13-12(7-8)14(11(4)16)9(2)10(3)15-13/h5-7,16H,4H2,1-3H3. The van der Waals surface area contributed by atoms with Gasteiger partial charge in [0.05, 0.1) is 5.52 Å². The quantitative estimate of drug-likeness (QED) is 0.733. The molecule has 0 saturated carbocycles. The largest absolute Gasteiger partial charge is 0.508 e. The molecule has 0 aliphatic heterocycles. The molecular weight excluding hydrogens is 198 g/mol. The molecule has 0 saturated heterocycles. The monoisotopic (exact) mass is 213 g/mol. The average molecular weight is 213 g/mol. The SMILES string of the molecule is C=C(O)c1c(C)c(C)nc2ccc(C)cc12. The van der Waals surface area contributed by atoms with Crippen LogP contribution < -0.4 is 0 Å². The maximum Gasteiger partial charge on any atom is 0.116 e. The number of fused-ring (bicyclic) bond motifs is 1. The summed E-state index contributed by atoms with van der Waals surface area (Å²) in [6.07, 6.45) is 0. The van der Waals surface area contributed by atoms with Crippen LogP contribution in [0.25, 0.3) is 16.7 Å². The van der Waals surface area contributed by atoms with E-state index >= 15 is 0 Å². The smallest absolute Gasteiger partial charge is 0.116 e. The van der Waals surface area contributed by atoms with E-state index in [1.165, 1.54) is 0 Å². The molecule has 2 rings (SSSR count). The fraction of sp³-hybridized carbons (Fsp3) is 0.214. The summed E-state index contributed by atoms with van der Waals surface area (Å²) in [4.78, 5) is 4.51. The van der Waals surface area contributed by atoms with Gasteiger partial charge in [-0.3, -0.25) is 4.98 Å². The topological polar surface area (TPSA) is 33.1 Å². The van der Waals surface area contributed by atoms with Crippen LogP contribution in [0.1, 0.15) is 22.4 Å². The van der Waals surface area contributed by atoms with Crippen molar-refractivity contribution in [2.45, 2.75) is 20.8 Å². The van der Waals surface area contributed by atoms with Crippen LogP contribution >= 0.6 is 0 Å². The number of hydrogen-bond acceptors (Lipinski definition) is 2. The predicted octanol–water partition coefficient (Wildman–Crippen LogP) is 3.69. The van der Waals surface area contributed by atoms with Crippen molar-refractivity contribution in [3.63, 3.8) is 0 Å². The van der Waals surface area contributed by atoms with E-state index in [2.05, 4.69) is 11.6 Å². The summed E-state index contributed by atoms with van der Waals surface area (Å²) in [6.45, 7) is 9.57. The molecule has 1 aromatic heterocycles. The highest BCUT2D eigenvalue weighted by atomic mass is 16.3. The van der Waals surface area contributed by atoms with Crippen LogP contribution in [-0.2, 0) is 0 Å². The molecule has 1 N–H and O–H groups in total. The van der Waals surface area contributed by atoms with Gasteiger partial charge in [-0.15, -0.1) is 0 Å². The summed E-state index contributed by atoms with van der Waals surface area (Å²) in [7, 11) is 0. The molecule has 1 aromatic carbocycles. The molecule has 0 spiro atoms. The first-order valence-corrected chi connectivity index (χ1v) is 5.26. The second-order valence-corrected chi connectivity index (χ2v) is 4.16. The van der Waals surface area contributed by atoms with Gasteiger partial charge in [0, 0.05) is 16.6 Å². The van der Waals surface area contributed by atoms with Crippen molar-refractivity contribution >= 4 is 16.7 Å². The minimum absolute atomic E-state index is 0.110. The Morgan fingerprint density at radius 3 is 2.56 bits per heavy atom. The summed E-state index contributed by atoms with van der Waals surface area (Å²) >= 11 is 0. The Morgan fingerprint density at radius 2 is 1.94 bits per heavy atom. The third kappa shape index (κ3) is 1.56. The van der Waals surface area contributed by atoms with Gasteiger partial charge in [-0.25, -0.2) is 0 Å². The van der Waals surface area contributed by atoms with Crippen molar-refractivity contribution < 1.29 is 5.11 Å². The van der Waals surface area contributed by atoms with Crippen molar-refractivity contribution in [2.24, 2.45) is 0 Å². The summed E-state index contributed by atoms with van der Waals surface area (Å²) in [5, 5.41) is 10.7. The Hall–Kier alpha value is -1.83. The number of nitrogens with zero attached hydrogens (tertiary/aromatic N) is 1. The summed E-state index contributed by atoms with van der Waals surface area (Å²) < 4.78 is 0. The molecule has 0 atom stereocenters. The first-order chi connectivity index (χ1) is 7.50. The van der Waals surface area contributed by atoms with Gasteiger partial charge in [-0.05, 0) is 38.5 Å². The van der Waals surface area contributed by atoms with Crippen LogP contribution in [0.15, 0.2) is 24.8 Å². The molecule has 0 aliphatic carbocycles. The second-order valence-electron chi connectivity index (χ2n) is 4.16. The number of rotatable bonds is 1. The van der Waals surface area contributed by atoms with Gasteiger partial charge in [0.1, 0.15) is 5.76 Å². The number of aryl methyl sites for hydroxylation is 2. The van der Waals surface area contributed by atoms with Crippen molar-refractivity contribution in [3.05, 3.63) is 47.2 Å². The Kier molecular flexibility index (Phi) is 2.43. The molecule has 16 heavy (non-hydrogen) atoms. The number of aliphatic hydroxyl groups is 1. The van der Waals surface area contributed by atoms with Crippen molar-refractivity contribution in [3.8, 4) is 0 Å². The number of benzene rings is 1. The fourth-order valence-corrected chi connectivity index (χ4v) is 1.97. The van der Waals surface area contributed by atoms with E-state index in [1.807, 2.05) is 39.0 Å². The zero-order valence-electron chi connectivity index (χ0n) is 9.83. The Labute approximate surface area is 95.3 Å². The van der Waals surface area contributed by atoms with Gasteiger partial charge in [0.15, 0.2) is 0 Å². The molecule has 2 nitrogen and oxygen atoms in total. The first-order valence-electron chi connectivity index (χ1n) is 5.26. The third-order valence-electron chi connectivity index (χ3n) is 2.92. The lowest BCUT2D eigenvalue weighted by Gasteiger charge is -2.11. The van der Waals surface area contributed by atoms with Gasteiger partial charge >= 0.3 is 0 Å². The molecule has 2 aromatic rings. The van der Waals surface area contributed by atoms with Gasteiger partial charge in [0.25, 0.3) is 0 Å². The zero-order valence-corrected chi connectivity index (χ0v) is 9.83. The number of aromatic nitrogens is 1. The molecule has 0 amide bonds. The van der Waals surface area contributed by atoms with Crippen LogP contribution in [0.2, 0.25) is 0 Å². The first kappa shape index (κ1) is 10.7. The minimum atomic E-state index is 0.110. The molecule has 1 heterocycles. The van der Waals surface area contributed by atoms with Crippen LogP contribution in [-0.4, -0.2) is 10.1 Å². The van der Waals surface area contributed by atoms with Crippen molar-refractivity contribution in [1.29, 1.82) is 0 Å². The highest BCUT2D eigenvalue weighted by Gasteiger charge is 2.11. The van der Waals surface area contributed by atoms with Crippen LogP contribution in [0.4, 0.5) is 0 Å². The van der Waals surface area contributed by atoms with E-state index in [0.29, 0.717) is 0 Å². The molecule has 0 unspecified atom stereocenters. The Balaban J connectivity index is 2.96. The highest BCUT2D eigenvalue weighted by Crippen LogP contribution is 2.27. The van der Waals surface area contributed by atoms with Crippen molar-refractivity contribution in [1.82, 2.24) is 4.98 Å². The lowest BCUT2D eigenvalue weighted by atomic mass is 9.99. The molecule has 0 aliphatic rings. The molecular formula is C14H15NO. The molecule has 0 radical (unpaired) electrons. The highest BCUT2D eigenvalue weighted by molar-refractivity contribution is 5.91. The van der Waals surface area contributed by atoms with Crippen LogP contribution in [0, 0.1) is 20.8 Å². The maximum absolute atomic E-state index is 9.70. The van der Waals surface area contributed by atoms with Crippen LogP contribution in [0.5, 0.6) is 0 Å². The van der Waals surface area contributed by atoms with Gasteiger partial charge in [0.2, 0.25) is 0 Å². The van der Waals surface area contributed by atoms with Gasteiger partial charge < -0.3 is 5.11 Å². The number of pyridine rings is 1. The second kappa shape index (κ2) is 3.63. The van der Waals surface area contributed by atoms with E-state index in [1.54, 1.807) is 0 Å². The summed E-state index contributed by atoms with van der Waals surface area (Å²) in [5.74, 6) is 0.110. The summed E-state index contributed by atoms with van der Waals surface area (Å²) in [6, 6.07) is 6.03. The van der Waals surface area contributed by atoms with Crippen LogP contribution in [0.3, 0.4) is 0 Å². The van der Waals surface area contributed by atoms with Gasteiger partial charge in [-0.2, -0.15) is 0 Å². The fourth-order valence-electron chi connectivity index (χ4n) is 1.97. The predicted molar refractivity (Wildman–Crippen MR) is 67.6 cm³/mol. The van der Waals surface area contributed by atoms with E-state index in [4.69, 9.17) is 0 Å². The normalized spacial score (nSPS) is 10.7. The summed E-state index contributed by atoms with van der Waals surface area (Å²) in [5.41, 5.74) is 4.79. The molecule has 2 heteroatoms. The zero-order chi connectivity index (χ0) is 11.9. The molecule has 0 bridgehead atoms. The Morgan fingerprint density at radius 1 is 1.25 bits per heavy atom. The third-order valence-corrected chi connectivity index (χ3v) is 2.92. The van der Waals surface area contributed by atoms with E-state index in [9.17, 15) is 5.11 Å². The lowest BCUT2D eigenvalue weighted by Crippen LogP contribution is -1.97. The number of aliphatic hydroxyl groups excluding tert-OH is 1. The van der Waals surface area contributed by atoms with E-state index < -0.39 is 0 Å². The van der Waals surface area contributed by atoms with Crippen molar-refractivity contribution in [2.75, 3.05) is 0 Å². The maximum atomic E-state index is 9.70. The van der Waals surface area contributed by atoms with E-state index in [0.717, 1.165) is 33.3 Å². The van der Waals surface area contributed by atoms with Gasteiger partial charge in [-0.1, -0.05) is 18.2 Å². The Bertz CT molecular complexity index is 585. The molecule has 82 valence electrons. The molecule has 0 fully saturated rings. The number of hydrogen-bond donors (Lipinski definition) is 1. The average Bonchev–Trinajstić information content (AvgIpc) is 2.20.